The molecule has 0 atom stereocenters. The van der Waals surface area contributed by atoms with Crippen LogP contribution < -0.4 is 14.2 Å². The Hall–Kier alpha value is -5.89. The van der Waals surface area contributed by atoms with Gasteiger partial charge in [0.25, 0.3) is 0 Å². The van der Waals surface area contributed by atoms with Crippen LogP contribution in [-0.2, 0) is 19.8 Å². The second kappa shape index (κ2) is 16.8. The molecule has 4 aromatic carbocycles. The molecule has 0 spiro atoms. The third-order valence-electron chi connectivity index (χ3n) is 7.28. The molecule has 0 aromatic heterocycles. The number of methoxy groups -OCH3 is 3. The van der Waals surface area contributed by atoms with E-state index >= 15 is 0 Å². The molecule has 0 fully saturated rings. The first-order valence-electron chi connectivity index (χ1n) is 14.5. The predicted octanol–water partition coefficient (Wildman–Crippen LogP) is 3.97. The van der Waals surface area contributed by atoms with E-state index in [4.69, 9.17) is 14.2 Å². The summed E-state index contributed by atoms with van der Waals surface area (Å²) in [6.45, 7) is 0.111. The van der Waals surface area contributed by atoms with E-state index in [0.29, 0.717) is 16.9 Å². The molecule has 0 heterocycles. The van der Waals surface area contributed by atoms with Crippen molar-refractivity contribution in [3.8, 4) is 40.2 Å². The molecule has 4 aromatic rings. The lowest BCUT2D eigenvalue weighted by Crippen LogP contribution is -2.16. The standard InChI is InChI=1S/C18H18O7.C18H18O6/c1-9-3-10(4-12(7-19)15(9)21)17(23)18(24)11-5-13(8-20)16(22)14(6-11)25-2;1-23-16-7-11(4-6-15(16)21)3-5-14(20)12-8-13(10-19)18(22)17(9-12)24-2/h3-6,19-22H,7-8H2,1-2H3;3-9,19,21-22H,10H2,1-2H3/b;5-3+. The summed E-state index contributed by atoms with van der Waals surface area (Å²) in [7, 11) is 4.08. The number of allylic oxidation sites excluding steroid dienone is 1. The van der Waals surface area contributed by atoms with E-state index in [1.807, 2.05) is 0 Å². The number of carbonyl (C=O) groups is 3. The summed E-state index contributed by atoms with van der Waals surface area (Å²) in [6.07, 6.45) is 2.92. The Bertz CT molecular complexity index is 1840. The fraction of sp³-hybridized carbons (Fsp3) is 0.194. The Morgan fingerprint density at radius 2 is 1.04 bits per heavy atom. The zero-order valence-corrected chi connectivity index (χ0v) is 27.1. The number of rotatable bonds is 12. The zero-order valence-electron chi connectivity index (χ0n) is 27.1. The van der Waals surface area contributed by atoms with E-state index in [9.17, 15) is 50.1 Å². The van der Waals surface area contributed by atoms with Crippen molar-refractivity contribution in [2.24, 2.45) is 0 Å². The third-order valence-corrected chi connectivity index (χ3v) is 7.28. The van der Waals surface area contributed by atoms with Gasteiger partial charge in [-0.1, -0.05) is 12.1 Å². The van der Waals surface area contributed by atoms with Crippen LogP contribution in [0.5, 0.6) is 40.2 Å². The number of carbonyl (C=O) groups excluding carboxylic acids is 3. The molecule has 0 unspecified atom stereocenters. The van der Waals surface area contributed by atoms with Crippen LogP contribution in [0.15, 0.2) is 60.7 Å². The Kier molecular flexibility index (Phi) is 12.9. The number of phenols is 4. The molecular formula is C36H36O13. The second-order valence-electron chi connectivity index (χ2n) is 10.4. The van der Waals surface area contributed by atoms with Gasteiger partial charge in [0, 0.05) is 33.4 Å². The molecule has 0 bridgehead atoms. The lowest BCUT2D eigenvalue weighted by Gasteiger charge is -2.11. The van der Waals surface area contributed by atoms with Gasteiger partial charge in [0.1, 0.15) is 5.75 Å². The molecule has 0 aliphatic rings. The first-order valence-corrected chi connectivity index (χ1v) is 14.5. The second-order valence-corrected chi connectivity index (χ2v) is 10.4. The van der Waals surface area contributed by atoms with Crippen molar-refractivity contribution >= 4 is 23.4 Å². The lowest BCUT2D eigenvalue weighted by molar-refractivity contribution is 0.0816. The van der Waals surface area contributed by atoms with Crippen LogP contribution in [-0.4, -0.2) is 74.4 Å². The largest absolute Gasteiger partial charge is 0.507 e. The van der Waals surface area contributed by atoms with Crippen LogP contribution in [0.3, 0.4) is 0 Å². The summed E-state index contributed by atoms with van der Waals surface area (Å²) in [6, 6.07) is 12.5. The van der Waals surface area contributed by atoms with Crippen LogP contribution in [0.1, 0.15) is 58.9 Å². The molecule has 0 aliphatic carbocycles. The van der Waals surface area contributed by atoms with E-state index in [2.05, 4.69) is 0 Å². The quantitative estimate of drug-likeness (QED) is 0.0642. The average Bonchev–Trinajstić information content (AvgIpc) is 3.11. The Balaban J connectivity index is 0.000000266. The van der Waals surface area contributed by atoms with E-state index in [-0.39, 0.29) is 73.7 Å². The van der Waals surface area contributed by atoms with Crippen LogP contribution in [0, 0.1) is 6.92 Å². The summed E-state index contributed by atoms with van der Waals surface area (Å²) >= 11 is 0. The summed E-state index contributed by atoms with van der Waals surface area (Å²) in [5.41, 5.74) is 1.65. The minimum Gasteiger partial charge on any atom is -0.507 e. The number of aromatic hydroxyl groups is 4. The summed E-state index contributed by atoms with van der Waals surface area (Å²) in [5, 5.41) is 66.8. The van der Waals surface area contributed by atoms with E-state index in [1.165, 1.54) is 69.9 Å². The van der Waals surface area contributed by atoms with E-state index in [0.717, 1.165) is 0 Å². The molecule has 4 rings (SSSR count). The Labute approximate surface area is 281 Å². The van der Waals surface area contributed by atoms with Gasteiger partial charge in [-0.2, -0.15) is 0 Å². The molecule has 0 amide bonds. The summed E-state index contributed by atoms with van der Waals surface area (Å²) < 4.78 is 15.0. The van der Waals surface area contributed by atoms with Crippen LogP contribution >= 0.6 is 0 Å². The average molecular weight is 677 g/mol. The fourth-order valence-electron chi connectivity index (χ4n) is 4.59. The number of phenolic OH excluding ortho intramolecular Hbond substituents is 1. The van der Waals surface area contributed by atoms with E-state index in [1.54, 1.807) is 25.1 Å². The first-order chi connectivity index (χ1) is 23.3. The number of Topliss-reactive ketones (excluding diaryl/α,β-unsaturated/α-hetero) is 2. The number of ether oxygens (including phenoxy) is 3. The maximum absolute atomic E-state index is 12.5. The molecule has 0 saturated carbocycles. The maximum atomic E-state index is 12.5. The third kappa shape index (κ3) is 8.73. The van der Waals surface area contributed by atoms with Crippen molar-refractivity contribution in [3.63, 3.8) is 0 Å². The highest BCUT2D eigenvalue weighted by molar-refractivity contribution is 6.49. The van der Waals surface area contributed by atoms with Gasteiger partial charge in [-0.15, -0.1) is 0 Å². The van der Waals surface area contributed by atoms with Gasteiger partial charge in [-0.05, 0) is 72.7 Å². The minimum atomic E-state index is -0.873. The van der Waals surface area contributed by atoms with Gasteiger partial charge in [0.15, 0.2) is 40.3 Å². The SMILES string of the molecule is COc1cc(/C=C/C(=O)c2cc(CO)c(O)c(OC)c2)ccc1O.COc1cc(C(=O)C(=O)c2cc(C)c(O)c(CO)c2)cc(CO)c1O. The van der Waals surface area contributed by atoms with Crippen molar-refractivity contribution in [2.75, 3.05) is 21.3 Å². The molecule has 0 radical (unpaired) electrons. The molecule has 7 N–H and O–H groups in total. The number of benzene rings is 4. The van der Waals surface area contributed by atoms with Crippen molar-refractivity contribution < 1.29 is 64.3 Å². The minimum absolute atomic E-state index is 0.0110. The molecule has 0 aliphatic heterocycles. The van der Waals surface area contributed by atoms with Gasteiger partial charge in [-0.25, -0.2) is 0 Å². The van der Waals surface area contributed by atoms with Crippen molar-refractivity contribution in [3.05, 3.63) is 105 Å². The number of hydrogen-bond donors (Lipinski definition) is 7. The van der Waals surface area contributed by atoms with Gasteiger partial charge < -0.3 is 50.0 Å². The van der Waals surface area contributed by atoms with Crippen molar-refractivity contribution in [1.82, 2.24) is 0 Å². The Morgan fingerprint density at radius 3 is 1.53 bits per heavy atom. The first kappa shape index (κ1) is 37.6. The monoisotopic (exact) mass is 676 g/mol. The van der Waals surface area contributed by atoms with Crippen LogP contribution in [0.4, 0.5) is 0 Å². The highest BCUT2D eigenvalue weighted by Gasteiger charge is 2.23. The van der Waals surface area contributed by atoms with Crippen LogP contribution in [0.25, 0.3) is 6.08 Å². The number of ketones is 3. The Morgan fingerprint density at radius 1 is 0.592 bits per heavy atom. The molecule has 13 heteroatoms. The predicted molar refractivity (Wildman–Crippen MR) is 177 cm³/mol. The zero-order chi connectivity index (χ0) is 36.4. The molecule has 13 nitrogen and oxygen atoms in total. The van der Waals surface area contributed by atoms with Gasteiger partial charge in [0.2, 0.25) is 11.6 Å². The maximum Gasteiger partial charge on any atom is 0.233 e. The smallest absolute Gasteiger partial charge is 0.233 e. The number of aliphatic hydroxyl groups is 3. The van der Waals surface area contributed by atoms with Gasteiger partial charge in [0.05, 0.1) is 41.2 Å². The number of hydrogen-bond acceptors (Lipinski definition) is 13. The highest BCUT2D eigenvalue weighted by Crippen LogP contribution is 2.34. The number of aliphatic hydroxyl groups excluding tert-OH is 3. The topological polar surface area (TPSA) is 221 Å². The fourth-order valence-corrected chi connectivity index (χ4v) is 4.59. The van der Waals surface area contributed by atoms with Gasteiger partial charge in [-0.3, -0.25) is 14.4 Å². The number of aryl methyl sites for hydroxylation is 1. The summed E-state index contributed by atoms with van der Waals surface area (Å²) in [5.74, 6) is -2.30. The molecule has 258 valence electrons. The molecule has 0 saturated heterocycles. The normalized spacial score (nSPS) is 10.7. The van der Waals surface area contributed by atoms with Gasteiger partial charge >= 0.3 is 0 Å². The van der Waals surface area contributed by atoms with Crippen molar-refractivity contribution in [2.45, 2.75) is 26.7 Å². The van der Waals surface area contributed by atoms with Crippen LogP contribution in [0.2, 0.25) is 0 Å². The molecular weight excluding hydrogens is 640 g/mol. The van der Waals surface area contributed by atoms with E-state index < -0.39 is 31.4 Å². The summed E-state index contributed by atoms with van der Waals surface area (Å²) in [4.78, 5) is 37.3. The highest BCUT2D eigenvalue weighted by atomic mass is 16.5. The lowest BCUT2D eigenvalue weighted by atomic mass is 9.96. The van der Waals surface area contributed by atoms with Crippen molar-refractivity contribution in [1.29, 1.82) is 0 Å². The molecule has 49 heavy (non-hydrogen) atoms.